The summed E-state index contributed by atoms with van der Waals surface area (Å²) in [5.41, 5.74) is 7.66. The fourth-order valence-corrected chi connectivity index (χ4v) is 2.99. The largest absolute Gasteiger partial charge is 0.320 e. The standard InChI is InChI=1S/C16H27ClN2/c1-5-12-16(18,13(4)19(6-2)7-3)14-8-10-15(17)11-9-14/h8-11,13H,5-7,12,18H2,1-4H3. The molecule has 1 aromatic rings. The summed E-state index contributed by atoms with van der Waals surface area (Å²) in [4.78, 5) is 2.42. The van der Waals surface area contributed by atoms with Crippen LogP contribution in [0.2, 0.25) is 5.02 Å². The van der Waals surface area contributed by atoms with Gasteiger partial charge in [-0.25, -0.2) is 0 Å². The van der Waals surface area contributed by atoms with Crippen molar-refractivity contribution >= 4 is 11.6 Å². The molecule has 0 bridgehead atoms. The molecule has 0 radical (unpaired) electrons. The van der Waals surface area contributed by atoms with Gasteiger partial charge in [-0.15, -0.1) is 0 Å². The normalized spacial score (nSPS) is 16.4. The lowest BCUT2D eigenvalue weighted by Crippen LogP contribution is -2.54. The predicted molar refractivity (Wildman–Crippen MR) is 84.6 cm³/mol. The summed E-state index contributed by atoms with van der Waals surface area (Å²) in [7, 11) is 0. The minimum Gasteiger partial charge on any atom is -0.320 e. The Labute approximate surface area is 122 Å². The Hall–Kier alpha value is -0.570. The molecule has 2 nitrogen and oxygen atoms in total. The number of hydrogen-bond acceptors (Lipinski definition) is 2. The highest BCUT2D eigenvalue weighted by Gasteiger charge is 2.35. The number of nitrogens with two attached hydrogens (primary N) is 1. The van der Waals surface area contributed by atoms with Gasteiger partial charge < -0.3 is 5.73 Å². The first-order chi connectivity index (χ1) is 8.99. The third-order valence-corrected chi connectivity index (χ3v) is 4.40. The molecule has 0 spiro atoms. The van der Waals surface area contributed by atoms with Crippen molar-refractivity contribution in [1.82, 2.24) is 4.90 Å². The third-order valence-electron chi connectivity index (χ3n) is 4.15. The molecular weight excluding hydrogens is 256 g/mol. The second kappa shape index (κ2) is 7.28. The van der Waals surface area contributed by atoms with Gasteiger partial charge in [-0.3, -0.25) is 4.90 Å². The molecule has 0 aliphatic heterocycles. The molecule has 0 heterocycles. The van der Waals surface area contributed by atoms with Crippen molar-refractivity contribution in [2.75, 3.05) is 13.1 Å². The number of nitrogens with zero attached hydrogens (tertiary/aromatic N) is 1. The molecule has 0 saturated heterocycles. The van der Waals surface area contributed by atoms with Gasteiger partial charge in [0.15, 0.2) is 0 Å². The lowest BCUT2D eigenvalue weighted by molar-refractivity contribution is 0.135. The first-order valence-electron chi connectivity index (χ1n) is 7.28. The zero-order valence-electron chi connectivity index (χ0n) is 12.6. The second-order valence-corrected chi connectivity index (χ2v) is 5.63. The van der Waals surface area contributed by atoms with Crippen LogP contribution in [0.4, 0.5) is 0 Å². The number of halogens is 1. The lowest BCUT2D eigenvalue weighted by Gasteiger charge is -2.42. The van der Waals surface area contributed by atoms with Crippen LogP contribution in [0.1, 0.15) is 46.1 Å². The van der Waals surface area contributed by atoms with Gasteiger partial charge in [0, 0.05) is 11.1 Å². The Morgan fingerprint density at radius 1 is 1.16 bits per heavy atom. The van der Waals surface area contributed by atoms with Gasteiger partial charge >= 0.3 is 0 Å². The van der Waals surface area contributed by atoms with E-state index in [4.69, 9.17) is 17.3 Å². The minimum absolute atomic E-state index is 0.309. The molecule has 1 aromatic carbocycles. The predicted octanol–water partition coefficient (Wildman–Crippen LogP) is 4.02. The van der Waals surface area contributed by atoms with E-state index in [-0.39, 0.29) is 5.54 Å². The summed E-state index contributed by atoms with van der Waals surface area (Å²) in [5, 5.41) is 0.762. The molecule has 0 aliphatic rings. The summed E-state index contributed by atoms with van der Waals surface area (Å²) in [5.74, 6) is 0. The van der Waals surface area contributed by atoms with E-state index in [0.717, 1.165) is 31.0 Å². The van der Waals surface area contributed by atoms with Crippen LogP contribution < -0.4 is 5.73 Å². The quantitative estimate of drug-likeness (QED) is 0.818. The van der Waals surface area contributed by atoms with Crippen molar-refractivity contribution in [3.8, 4) is 0 Å². The van der Waals surface area contributed by atoms with Crippen molar-refractivity contribution in [3.05, 3.63) is 34.9 Å². The van der Waals surface area contributed by atoms with Crippen LogP contribution in [0.3, 0.4) is 0 Å². The Morgan fingerprint density at radius 2 is 1.68 bits per heavy atom. The minimum atomic E-state index is -0.314. The molecule has 0 amide bonds. The van der Waals surface area contributed by atoms with E-state index < -0.39 is 0 Å². The summed E-state index contributed by atoms with van der Waals surface area (Å²) in [6.45, 7) is 10.8. The Morgan fingerprint density at radius 3 is 2.11 bits per heavy atom. The molecule has 108 valence electrons. The van der Waals surface area contributed by atoms with E-state index in [1.54, 1.807) is 0 Å². The number of likely N-dealkylation sites (N-methyl/N-ethyl adjacent to an activating group) is 1. The molecule has 2 atom stereocenters. The lowest BCUT2D eigenvalue weighted by atomic mass is 9.80. The smallest absolute Gasteiger partial charge is 0.0564 e. The molecule has 1 rings (SSSR count). The second-order valence-electron chi connectivity index (χ2n) is 5.19. The monoisotopic (exact) mass is 282 g/mol. The zero-order valence-corrected chi connectivity index (χ0v) is 13.4. The maximum atomic E-state index is 6.79. The summed E-state index contributed by atoms with van der Waals surface area (Å²) < 4.78 is 0. The van der Waals surface area contributed by atoms with Crippen LogP contribution in [-0.4, -0.2) is 24.0 Å². The molecule has 0 fully saturated rings. The van der Waals surface area contributed by atoms with Crippen LogP contribution in [0.15, 0.2) is 24.3 Å². The van der Waals surface area contributed by atoms with Gasteiger partial charge in [-0.2, -0.15) is 0 Å². The Bertz CT molecular complexity index is 373. The van der Waals surface area contributed by atoms with E-state index in [1.807, 2.05) is 12.1 Å². The number of benzene rings is 1. The van der Waals surface area contributed by atoms with Gasteiger partial charge in [0.25, 0.3) is 0 Å². The molecule has 19 heavy (non-hydrogen) atoms. The number of hydrogen-bond donors (Lipinski definition) is 1. The van der Waals surface area contributed by atoms with Crippen LogP contribution >= 0.6 is 11.6 Å². The fraction of sp³-hybridized carbons (Fsp3) is 0.625. The molecule has 0 aromatic heterocycles. The Balaban J connectivity index is 3.11. The topological polar surface area (TPSA) is 29.3 Å². The first kappa shape index (κ1) is 16.5. The maximum Gasteiger partial charge on any atom is 0.0564 e. The highest BCUT2D eigenvalue weighted by molar-refractivity contribution is 6.30. The third kappa shape index (κ3) is 3.71. The SMILES string of the molecule is CCCC(N)(c1ccc(Cl)cc1)C(C)N(CC)CC. The van der Waals surface area contributed by atoms with Crippen molar-refractivity contribution < 1.29 is 0 Å². The van der Waals surface area contributed by atoms with Gasteiger partial charge in [0.1, 0.15) is 0 Å². The highest BCUT2D eigenvalue weighted by atomic mass is 35.5. The zero-order chi connectivity index (χ0) is 14.5. The van der Waals surface area contributed by atoms with Crippen molar-refractivity contribution in [1.29, 1.82) is 0 Å². The van der Waals surface area contributed by atoms with Crippen LogP contribution in [-0.2, 0) is 5.54 Å². The van der Waals surface area contributed by atoms with Crippen LogP contribution in [0, 0.1) is 0 Å². The Kier molecular flexibility index (Phi) is 6.31. The summed E-state index contributed by atoms with van der Waals surface area (Å²) >= 11 is 5.98. The average Bonchev–Trinajstić information content (AvgIpc) is 2.40. The molecule has 0 saturated carbocycles. The highest BCUT2D eigenvalue weighted by Crippen LogP contribution is 2.31. The van der Waals surface area contributed by atoms with Crippen molar-refractivity contribution in [3.63, 3.8) is 0 Å². The van der Waals surface area contributed by atoms with Gasteiger partial charge in [0.2, 0.25) is 0 Å². The van der Waals surface area contributed by atoms with Gasteiger partial charge in [0.05, 0.1) is 5.54 Å². The van der Waals surface area contributed by atoms with Crippen LogP contribution in [0.25, 0.3) is 0 Å². The number of rotatable bonds is 7. The van der Waals surface area contributed by atoms with E-state index in [9.17, 15) is 0 Å². The summed E-state index contributed by atoms with van der Waals surface area (Å²) in [6, 6.07) is 8.31. The molecule has 0 aliphatic carbocycles. The molecule has 3 heteroatoms. The first-order valence-corrected chi connectivity index (χ1v) is 7.66. The van der Waals surface area contributed by atoms with Crippen LogP contribution in [0.5, 0.6) is 0 Å². The van der Waals surface area contributed by atoms with E-state index in [1.165, 1.54) is 5.56 Å². The fourth-order valence-electron chi connectivity index (χ4n) is 2.87. The van der Waals surface area contributed by atoms with Crippen molar-refractivity contribution in [2.45, 2.75) is 52.1 Å². The van der Waals surface area contributed by atoms with E-state index in [2.05, 4.69) is 44.7 Å². The van der Waals surface area contributed by atoms with Gasteiger partial charge in [-0.1, -0.05) is 50.9 Å². The molecule has 2 N–H and O–H groups in total. The average molecular weight is 283 g/mol. The maximum absolute atomic E-state index is 6.79. The molecular formula is C16H27ClN2. The van der Waals surface area contributed by atoms with E-state index in [0.29, 0.717) is 6.04 Å². The van der Waals surface area contributed by atoms with E-state index >= 15 is 0 Å². The van der Waals surface area contributed by atoms with Crippen molar-refractivity contribution in [2.24, 2.45) is 5.73 Å². The van der Waals surface area contributed by atoms with Gasteiger partial charge in [-0.05, 0) is 44.1 Å². The molecule has 2 unspecified atom stereocenters. The summed E-state index contributed by atoms with van der Waals surface area (Å²) in [6.07, 6.45) is 2.05.